The summed E-state index contributed by atoms with van der Waals surface area (Å²) in [6.07, 6.45) is 0.926. The smallest absolute Gasteiger partial charge is 0.163 e. The number of anilines is 1. The quantitative estimate of drug-likeness (QED) is 0.747. The fraction of sp³-hybridized carbons (Fsp3) is 0.455. The van der Waals surface area contributed by atoms with E-state index < -0.39 is 0 Å². The van der Waals surface area contributed by atoms with E-state index in [9.17, 15) is 0 Å². The van der Waals surface area contributed by atoms with Crippen molar-refractivity contribution in [2.75, 3.05) is 11.9 Å². The summed E-state index contributed by atoms with van der Waals surface area (Å²) in [6.45, 7) is 4.96. The molecule has 15 heavy (non-hydrogen) atoms. The Hall–Kier alpha value is -0.600. The maximum atomic E-state index is 6.11. The maximum absolute atomic E-state index is 6.11. The van der Waals surface area contributed by atoms with Crippen molar-refractivity contribution in [1.29, 1.82) is 0 Å². The molecule has 0 atom stereocenters. The predicted molar refractivity (Wildman–Crippen MR) is 64.3 cm³/mol. The highest BCUT2D eigenvalue weighted by Crippen LogP contribution is 2.42. The third kappa shape index (κ3) is 2.16. The molecule has 1 aromatic rings. The van der Waals surface area contributed by atoms with Crippen molar-refractivity contribution in [3.8, 4) is 5.75 Å². The van der Waals surface area contributed by atoms with Crippen LogP contribution in [0.1, 0.15) is 20.3 Å². The second-order valence-electron chi connectivity index (χ2n) is 4.28. The molecule has 0 fully saturated rings. The minimum atomic E-state index is -0.216. The minimum Gasteiger partial charge on any atom is -0.484 e. The second-order valence-corrected chi connectivity index (χ2v) is 5.06. The SMILES string of the molecule is CC1(C)CCNc2ccc(Cl)c(Cl)c2O1. The number of fused-ring (bicyclic) bond motifs is 1. The largest absolute Gasteiger partial charge is 0.484 e. The van der Waals surface area contributed by atoms with Crippen LogP contribution in [0.3, 0.4) is 0 Å². The molecule has 0 radical (unpaired) electrons. The zero-order chi connectivity index (χ0) is 11.1. The van der Waals surface area contributed by atoms with E-state index in [1.54, 1.807) is 6.07 Å². The van der Waals surface area contributed by atoms with Crippen molar-refractivity contribution in [3.05, 3.63) is 22.2 Å². The molecule has 2 nitrogen and oxygen atoms in total. The van der Waals surface area contributed by atoms with Gasteiger partial charge in [-0.05, 0) is 26.0 Å². The van der Waals surface area contributed by atoms with Gasteiger partial charge in [0.1, 0.15) is 10.6 Å². The Morgan fingerprint density at radius 2 is 2.07 bits per heavy atom. The fourth-order valence-corrected chi connectivity index (χ4v) is 1.95. The molecule has 0 amide bonds. The van der Waals surface area contributed by atoms with Crippen molar-refractivity contribution in [3.63, 3.8) is 0 Å². The van der Waals surface area contributed by atoms with Gasteiger partial charge >= 0.3 is 0 Å². The number of nitrogens with one attached hydrogen (secondary N) is 1. The molecular formula is C11H13Cl2NO. The summed E-state index contributed by atoms with van der Waals surface area (Å²) in [5.41, 5.74) is 0.696. The maximum Gasteiger partial charge on any atom is 0.163 e. The van der Waals surface area contributed by atoms with Gasteiger partial charge in [-0.15, -0.1) is 0 Å². The molecule has 4 heteroatoms. The van der Waals surface area contributed by atoms with Gasteiger partial charge in [-0.3, -0.25) is 0 Å². The molecule has 0 saturated carbocycles. The van der Waals surface area contributed by atoms with Gasteiger partial charge in [0.2, 0.25) is 0 Å². The molecular weight excluding hydrogens is 233 g/mol. The molecule has 1 aliphatic rings. The Morgan fingerprint density at radius 1 is 1.33 bits per heavy atom. The van der Waals surface area contributed by atoms with Gasteiger partial charge in [0.05, 0.1) is 10.7 Å². The van der Waals surface area contributed by atoms with E-state index in [2.05, 4.69) is 5.32 Å². The Morgan fingerprint density at radius 3 is 2.80 bits per heavy atom. The lowest BCUT2D eigenvalue weighted by Gasteiger charge is -2.24. The molecule has 1 heterocycles. The van der Waals surface area contributed by atoms with Crippen molar-refractivity contribution in [1.82, 2.24) is 0 Å². The predicted octanol–water partition coefficient (Wildman–Crippen LogP) is 3.97. The highest BCUT2D eigenvalue weighted by molar-refractivity contribution is 6.43. The molecule has 0 aromatic heterocycles. The summed E-state index contributed by atoms with van der Waals surface area (Å²) >= 11 is 12.1. The lowest BCUT2D eigenvalue weighted by Crippen LogP contribution is -2.28. The van der Waals surface area contributed by atoms with Crippen LogP contribution in [0.15, 0.2) is 12.1 Å². The van der Waals surface area contributed by atoms with Crippen LogP contribution in [0, 0.1) is 0 Å². The van der Waals surface area contributed by atoms with Gasteiger partial charge in [-0.25, -0.2) is 0 Å². The summed E-state index contributed by atoms with van der Waals surface area (Å²) in [7, 11) is 0. The van der Waals surface area contributed by atoms with Crippen LogP contribution in [0.5, 0.6) is 5.75 Å². The molecule has 82 valence electrons. The van der Waals surface area contributed by atoms with Crippen molar-refractivity contribution in [2.45, 2.75) is 25.9 Å². The highest BCUT2D eigenvalue weighted by Gasteiger charge is 2.26. The second kappa shape index (κ2) is 3.76. The summed E-state index contributed by atoms with van der Waals surface area (Å²) in [5.74, 6) is 0.659. The van der Waals surface area contributed by atoms with E-state index in [0.29, 0.717) is 15.8 Å². The molecule has 0 spiro atoms. The van der Waals surface area contributed by atoms with E-state index in [1.807, 2.05) is 19.9 Å². The molecule has 0 saturated heterocycles. The van der Waals surface area contributed by atoms with Gasteiger partial charge in [-0.2, -0.15) is 0 Å². The first-order valence-corrected chi connectivity index (χ1v) is 5.66. The number of halogens is 2. The van der Waals surface area contributed by atoms with Gasteiger partial charge in [0, 0.05) is 13.0 Å². The molecule has 1 aromatic carbocycles. The normalized spacial score (nSPS) is 18.4. The van der Waals surface area contributed by atoms with Crippen molar-refractivity contribution < 1.29 is 4.74 Å². The first kappa shape index (κ1) is 10.9. The van der Waals surface area contributed by atoms with Crippen LogP contribution in [0.2, 0.25) is 10.0 Å². The standard InChI is InChI=1S/C11H13Cl2NO/c1-11(2)5-6-14-8-4-3-7(12)9(13)10(8)15-11/h3-4,14H,5-6H2,1-2H3. The van der Waals surface area contributed by atoms with Crippen LogP contribution >= 0.6 is 23.2 Å². The van der Waals surface area contributed by atoms with E-state index in [-0.39, 0.29) is 5.60 Å². The Balaban J connectivity index is 2.49. The van der Waals surface area contributed by atoms with Gasteiger partial charge < -0.3 is 10.1 Å². The first-order valence-electron chi connectivity index (χ1n) is 4.90. The van der Waals surface area contributed by atoms with Gasteiger partial charge in [0.15, 0.2) is 5.75 Å². The Labute approximate surface area is 99.5 Å². The Kier molecular flexibility index (Phi) is 2.73. The average Bonchev–Trinajstić information content (AvgIpc) is 2.30. The molecule has 1 N–H and O–H groups in total. The van der Waals surface area contributed by atoms with Crippen molar-refractivity contribution >= 4 is 28.9 Å². The fourth-order valence-electron chi connectivity index (χ4n) is 1.60. The van der Waals surface area contributed by atoms with Crippen LogP contribution in [-0.4, -0.2) is 12.1 Å². The van der Waals surface area contributed by atoms with Crippen LogP contribution in [0.25, 0.3) is 0 Å². The molecule has 0 unspecified atom stereocenters. The molecule has 0 bridgehead atoms. The zero-order valence-electron chi connectivity index (χ0n) is 8.73. The number of hydrogen-bond acceptors (Lipinski definition) is 2. The number of rotatable bonds is 0. The molecule has 0 aliphatic carbocycles. The lowest BCUT2D eigenvalue weighted by atomic mass is 10.1. The third-order valence-electron chi connectivity index (χ3n) is 2.47. The number of ether oxygens (including phenoxy) is 1. The lowest BCUT2D eigenvalue weighted by molar-refractivity contribution is 0.109. The average molecular weight is 246 g/mol. The van der Waals surface area contributed by atoms with E-state index >= 15 is 0 Å². The van der Waals surface area contributed by atoms with E-state index in [1.165, 1.54) is 0 Å². The highest BCUT2D eigenvalue weighted by atomic mass is 35.5. The summed E-state index contributed by atoms with van der Waals surface area (Å²) in [6, 6.07) is 3.67. The van der Waals surface area contributed by atoms with E-state index in [4.69, 9.17) is 27.9 Å². The number of benzene rings is 1. The van der Waals surface area contributed by atoms with Crippen LogP contribution in [0.4, 0.5) is 5.69 Å². The van der Waals surface area contributed by atoms with Gasteiger partial charge in [0.25, 0.3) is 0 Å². The summed E-state index contributed by atoms with van der Waals surface area (Å²) < 4.78 is 5.88. The van der Waals surface area contributed by atoms with Crippen LogP contribution in [-0.2, 0) is 0 Å². The summed E-state index contributed by atoms with van der Waals surface area (Å²) in [5, 5.41) is 4.29. The zero-order valence-corrected chi connectivity index (χ0v) is 10.2. The van der Waals surface area contributed by atoms with Crippen LogP contribution < -0.4 is 10.1 Å². The number of hydrogen-bond donors (Lipinski definition) is 1. The Bertz CT molecular complexity index is 390. The third-order valence-corrected chi connectivity index (χ3v) is 3.26. The van der Waals surface area contributed by atoms with E-state index in [0.717, 1.165) is 18.7 Å². The monoisotopic (exact) mass is 245 g/mol. The first-order chi connectivity index (χ1) is 6.99. The topological polar surface area (TPSA) is 21.3 Å². The summed E-state index contributed by atoms with van der Waals surface area (Å²) in [4.78, 5) is 0. The molecule has 2 rings (SSSR count). The van der Waals surface area contributed by atoms with Gasteiger partial charge in [-0.1, -0.05) is 23.2 Å². The minimum absolute atomic E-state index is 0.216. The molecule has 1 aliphatic heterocycles. The van der Waals surface area contributed by atoms with Crippen molar-refractivity contribution in [2.24, 2.45) is 0 Å².